The van der Waals surface area contributed by atoms with Gasteiger partial charge >= 0.3 is 0 Å². The SMILES string of the molecule is CC(C)(C)CC1=[C-]Cc2cc3ccccc3cc21.[CH3-].[CH3-].[CH3-].[CH3-].[CH3-].[CH3-].[CH3-].[Hf].c1cc[cH-]c1. The predicted molar refractivity (Wildman–Crippen MR) is 145 cm³/mol. The van der Waals surface area contributed by atoms with E-state index in [2.05, 4.69) is 63.2 Å². The molecule has 0 nitrogen and oxygen atoms in total. The molecule has 31 heavy (non-hydrogen) atoms. The van der Waals surface area contributed by atoms with Crippen LogP contribution in [0.2, 0.25) is 0 Å². The Morgan fingerprint density at radius 1 is 0.774 bits per heavy atom. The van der Waals surface area contributed by atoms with Gasteiger partial charge in [0, 0.05) is 25.8 Å². The van der Waals surface area contributed by atoms with Gasteiger partial charge in [0.05, 0.1) is 0 Å². The van der Waals surface area contributed by atoms with Crippen LogP contribution < -0.4 is 0 Å². The number of benzene rings is 2. The van der Waals surface area contributed by atoms with Gasteiger partial charge in [-0.25, -0.2) is 17.7 Å². The van der Waals surface area contributed by atoms with E-state index in [4.69, 9.17) is 0 Å². The van der Waals surface area contributed by atoms with E-state index >= 15 is 0 Å². The third-order valence-electron chi connectivity index (χ3n) is 4.05. The van der Waals surface area contributed by atoms with Gasteiger partial charge in [-0.15, -0.1) is 18.1 Å². The van der Waals surface area contributed by atoms with Crippen LogP contribution in [0.4, 0.5) is 0 Å². The molecule has 0 aliphatic heterocycles. The Morgan fingerprint density at radius 3 is 1.68 bits per heavy atom. The summed E-state index contributed by atoms with van der Waals surface area (Å²) in [7, 11) is 0. The van der Waals surface area contributed by atoms with Crippen molar-refractivity contribution < 1.29 is 25.8 Å². The molecular weight excluding hydrogens is 539 g/mol. The first-order valence-corrected chi connectivity index (χ1v) is 8.31. The van der Waals surface area contributed by atoms with Crippen molar-refractivity contribution in [2.24, 2.45) is 5.41 Å². The van der Waals surface area contributed by atoms with E-state index in [9.17, 15) is 0 Å². The fraction of sp³-hybridized carbons (Fsp3) is 0.200. The van der Waals surface area contributed by atoms with Gasteiger partial charge in [0.2, 0.25) is 0 Å². The Balaban J connectivity index is -0.000000108. The van der Waals surface area contributed by atoms with E-state index < -0.39 is 0 Å². The summed E-state index contributed by atoms with van der Waals surface area (Å²) < 4.78 is 0. The van der Waals surface area contributed by atoms with Crippen LogP contribution in [0.25, 0.3) is 16.3 Å². The van der Waals surface area contributed by atoms with Gasteiger partial charge in [0.15, 0.2) is 0 Å². The molecule has 0 N–H and O–H groups in total. The molecule has 0 aromatic heterocycles. The second-order valence-corrected chi connectivity index (χ2v) is 7.39. The Kier molecular flexibility index (Phi) is 27.2. The summed E-state index contributed by atoms with van der Waals surface area (Å²) in [4.78, 5) is 0. The van der Waals surface area contributed by atoms with Crippen molar-refractivity contribution in [3.63, 3.8) is 0 Å². The molecule has 0 unspecified atom stereocenters. The zero-order valence-corrected chi connectivity index (χ0v) is 25.4. The zero-order chi connectivity index (χ0) is 16.3. The van der Waals surface area contributed by atoms with Gasteiger partial charge in [-0.3, -0.25) is 6.08 Å². The van der Waals surface area contributed by atoms with Crippen molar-refractivity contribution in [1.29, 1.82) is 0 Å². The number of rotatable bonds is 1. The van der Waals surface area contributed by atoms with Crippen LogP contribution >= 0.6 is 0 Å². The van der Waals surface area contributed by atoms with E-state index in [0.29, 0.717) is 5.41 Å². The summed E-state index contributed by atoms with van der Waals surface area (Å²) in [5, 5.41) is 2.68. The summed E-state index contributed by atoms with van der Waals surface area (Å²) in [6, 6.07) is 23.3. The minimum atomic E-state index is 0. The summed E-state index contributed by atoms with van der Waals surface area (Å²) in [5.41, 5.74) is 4.59. The van der Waals surface area contributed by atoms with Crippen molar-refractivity contribution in [1.82, 2.24) is 0 Å². The van der Waals surface area contributed by atoms with Gasteiger partial charge < -0.3 is 52.0 Å². The number of allylic oxidation sites excluding steroid dienone is 2. The van der Waals surface area contributed by atoms with Crippen LogP contribution in [0.1, 0.15) is 38.3 Å². The molecule has 0 saturated heterocycles. The first-order chi connectivity index (χ1) is 11.0. The van der Waals surface area contributed by atoms with E-state index in [0.717, 1.165) is 12.8 Å². The molecule has 0 heterocycles. The Morgan fingerprint density at radius 2 is 1.26 bits per heavy atom. The molecule has 0 fully saturated rings. The quantitative estimate of drug-likeness (QED) is 0.198. The Labute approximate surface area is 216 Å². The summed E-state index contributed by atoms with van der Waals surface area (Å²) in [5.74, 6) is 0. The van der Waals surface area contributed by atoms with E-state index in [1.165, 1.54) is 27.5 Å². The molecule has 0 atom stereocenters. The molecule has 0 saturated carbocycles. The maximum atomic E-state index is 3.57. The van der Waals surface area contributed by atoms with Gasteiger partial charge in [-0.1, -0.05) is 57.5 Å². The monoisotopic (exact) mass is 585 g/mol. The molecular formula is C30H45Hf-9. The van der Waals surface area contributed by atoms with Crippen LogP contribution in [0.5, 0.6) is 0 Å². The molecule has 0 bridgehead atoms. The minimum Gasteiger partial charge on any atom is -0.358 e. The van der Waals surface area contributed by atoms with Crippen molar-refractivity contribution in [2.45, 2.75) is 33.6 Å². The fourth-order valence-electron chi connectivity index (χ4n) is 3.02. The molecule has 178 valence electrons. The van der Waals surface area contributed by atoms with Crippen LogP contribution in [0.3, 0.4) is 0 Å². The van der Waals surface area contributed by atoms with Crippen LogP contribution in [0, 0.1) is 63.5 Å². The van der Waals surface area contributed by atoms with Gasteiger partial charge in [-0.2, -0.15) is 23.8 Å². The van der Waals surface area contributed by atoms with Crippen molar-refractivity contribution in [2.75, 3.05) is 0 Å². The summed E-state index contributed by atoms with van der Waals surface area (Å²) >= 11 is 0. The average molecular weight is 584 g/mol. The molecule has 1 aliphatic rings. The maximum Gasteiger partial charge on any atom is 0 e. The van der Waals surface area contributed by atoms with Crippen molar-refractivity contribution in [3.8, 4) is 0 Å². The second-order valence-electron chi connectivity index (χ2n) is 7.39. The first-order valence-electron chi connectivity index (χ1n) is 8.31. The topological polar surface area (TPSA) is 0 Å². The van der Waals surface area contributed by atoms with Gasteiger partial charge in [0.25, 0.3) is 0 Å². The van der Waals surface area contributed by atoms with Crippen molar-refractivity contribution in [3.05, 3.63) is 136 Å². The third kappa shape index (κ3) is 12.3. The van der Waals surface area contributed by atoms with E-state index in [1.54, 1.807) is 0 Å². The normalized spacial score (nSPS) is 9.84. The Bertz CT molecular complexity index is 785. The molecule has 0 radical (unpaired) electrons. The van der Waals surface area contributed by atoms with E-state index in [1.807, 2.05) is 30.3 Å². The predicted octanol–water partition coefficient (Wildman–Crippen LogP) is 9.57. The van der Waals surface area contributed by atoms with Crippen LogP contribution in [-0.4, -0.2) is 0 Å². The number of hydrogen-bond acceptors (Lipinski definition) is 0. The van der Waals surface area contributed by atoms with Gasteiger partial charge in [0.1, 0.15) is 0 Å². The molecule has 3 aromatic rings. The number of fused-ring (bicyclic) bond motifs is 2. The molecule has 3 aromatic carbocycles. The molecule has 0 amide bonds. The largest absolute Gasteiger partial charge is 0.358 e. The van der Waals surface area contributed by atoms with Crippen LogP contribution in [-0.2, 0) is 32.3 Å². The first kappa shape index (κ1) is 43.5. The summed E-state index contributed by atoms with van der Waals surface area (Å²) in [6.45, 7) is 6.88. The van der Waals surface area contributed by atoms with E-state index in [-0.39, 0.29) is 77.8 Å². The van der Waals surface area contributed by atoms with Crippen LogP contribution in [0.15, 0.2) is 66.7 Å². The Hall–Kier alpha value is -1.34. The summed E-state index contributed by atoms with van der Waals surface area (Å²) in [6.07, 6.45) is 5.66. The smallest absolute Gasteiger partial charge is 0 e. The third-order valence-corrected chi connectivity index (χ3v) is 4.05. The molecule has 4 rings (SSSR count). The minimum absolute atomic E-state index is 0. The molecule has 1 aliphatic carbocycles. The van der Waals surface area contributed by atoms with Gasteiger partial charge in [-0.05, 0) is 16.2 Å². The standard InChI is InChI=1S/C18H19.C5H5.7CH3.Hf/c1-18(2,3)12-16-9-8-15-10-13-6-4-5-7-14(13)11-17(15)16;1-2-4-5-3-1;;;;;;;;/h4-7,10-11H,8,12H2,1-3H3;1-5H;7*1H3;/q9*-1;. The maximum absolute atomic E-state index is 3.57. The van der Waals surface area contributed by atoms with Crippen molar-refractivity contribution >= 4 is 16.3 Å². The average Bonchev–Trinajstić information content (AvgIpc) is 3.18. The molecule has 0 spiro atoms. The number of hydrogen-bond donors (Lipinski definition) is 0. The zero-order valence-electron chi connectivity index (χ0n) is 21.8. The molecule has 1 heteroatoms. The second kappa shape index (κ2) is 19.4. The fourth-order valence-corrected chi connectivity index (χ4v) is 3.02.